The summed E-state index contributed by atoms with van der Waals surface area (Å²) in [5, 5.41) is 3.26. The van der Waals surface area contributed by atoms with Crippen molar-refractivity contribution in [1.29, 1.82) is 0 Å². The van der Waals surface area contributed by atoms with Crippen LogP contribution in [0.3, 0.4) is 0 Å². The molecular weight excluding hydrogens is 275 g/mol. The molecule has 0 spiro atoms. The Bertz CT molecular complexity index is 505. The zero-order valence-corrected chi connectivity index (χ0v) is 11.3. The maximum atomic E-state index is 12.3. The maximum Gasteiger partial charge on any atom is 0.256 e. The van der Waals surface area contributed by atoms with Crippen molar-refractivity contribution in [2.75, 3.05) is 13.1 Å². The van der Waals surface area contributed by atoms with E-state index in [1.807, 2.05) is 0 Å². The molecule has 0 saturated carbocycles. The van der Waals surface area contributed by atoms with Crippen LogP contribution in [0.2, 0.25) is 10.0 Å². The highest BCUT2D eigenvalue weighted by molar-refractivity contribution is 6.43. The van der Waals surface area contributed by atoms with E-state index in [0.29, 0.717) is 23.7 Å². The van der Waals surface area contributed by atoms with E-state index in [1.165, 1.54) is 4.90 Å². The molecule has 0 aliphatic carbocycles. The first kappa shape index (κ1) is 13.2. The average Bonchev–Trinajstić information content (AvgIpc) is 2.35. The minimum atomic E-state index is -0.499. The summed E-state index contributed by atoms with van der Waals surface area (Å²) in [6, 6.07) is 4.39. The summed E-state index contributed by atoms with van der Waals surface area (Å²) in [4.78, 5) is 25.4. The van der Waals surface area contributed by atoms with E-state index in [4.69, 9.17) is 23.2 Å². The molecule has 18 heavy (non-hydrogen) atoms. The van der Waals surface area contributed by atoms with Gasteiger partial charge in [-0.15, -0.1) is 0 Å². The lowest BCUT2D eigenvalue weighted by Crippen LogP contribution is -2.55. The van der Waals surface area contributed by atoms with Crippen LogP contribution < -0.4 is 5.32 Å². The van der Waals surface area contributed by atoms with Crippen LogP contribution in [0.15, 0.2) is 18.2 Å². The van der Waals surface area contributed by atoms with Crippen molar-refractivity contribution in [3.8, 4) is 0 Å². The van der Waals surface area contributed by atoms with Crippen molar-refractivity contribution >= 4 is 35.0 Å². The molecule has 4 nitrogen and oxygen atoms in total. The summed E-state index contributed by atoms with van der Waals surface area (Å²) < 4.78 is 0. The van der Waals surface area contributed by atoms with Gasteiger partial charge in [0.1, 0.15) is 6.04 Å². The topological polar surface area (TPSA) is 49.4 Å². The molecule has 2 rings (SSSR count). The first-order valence-electron chi connectivity index (χ1n) is 5.55. The van der Waals surface area contributed by atoms with Crippen molar-refractivity contribution in [1.82, 2.24) is 10.2 Å². The van der Waals surface area contributed by atoms with Crippen molar-refractivity contribution < 1.29 is 9.59 Å². The van der Waals surface area contributed by atoms with E-state index in [0.717, 1.165) is 0 Å². The molecule has 0 aromatic heterocycles. The van der Waals surface area contributed by atoms with Crippen LogP contribution in [0.1, 0.15) is 17.3 Å². The molecule has 2 amide bonds. The highest BCUT2D eigenvalue weighted by Crippen LogP contribution is 2.27. The molecule has 1 aromatic rings. The zero-order valence-electron chi connectivity index (χ0n) is 9.74. The number of nitrogens with one attached hydrogen (secondary N) is 1. The van der Waals surface area contributed by atoms with Gasteiger partial charge in [0, 0.05) is 13.1 Å². The number of nitrogens with zero attached hydrogens (tertiary/aromatic N) is 1. The number of halogens is 2. The van der Waals surface area contributed by atoms with E-state index in [-0.39, 0.29) is 16.8 Å². The Hall–Kier alpha value is -1.26. The predicted octanol–water partition coefficient (Wildman–Crippen LogP) is 1.95. The van der Waals surface area contributed by atoms with Gasteiger partial charge in [0.2, 0.25) is 5.91 Å². The SMILES string of the molecule is CC1C(=O)NCCN1C(=O)c1cccc(Cl)c1Cl. The number of hydrogen-bond acceptors (Lipinski definition) is 2. The quantitative estimate of drug-likeness (QED) is 0.858. The van der Waals surface area contributed by atoms with Crippen molar-refractivity contribution in [3.05, 3.63) is 33.8 Å². The zero-order chi connectivity index (χ0) is 13.3. The normalized spacial score (nSPS) is 19.6. The molecular formula is C12H12Cl2N2O2. The number of hydrogen-bond donors (Lipinski definition) is 1. The average molecular weight is 287 g/mol. The van der Waals surface area contributed by atoms with Gasteiger partial charge in [0.15, 0.2) is 0 Å². The Morgan fingerprint density at radius 3 is 2.89 bits per heavy atom. The molecule has 6 heteroatoms. The Balaban J connectivity index is 2.31. The monoisotopic (exact) mass is 286 g/mol. The van der Waals surface area contributed by atoms with E-state index >= 15 is 0 Å². The summed E-state index contributed by atoms with van der Waals surface area (Å²) in [5.74, 6) is -0.433. The minimum Gasteiger partial charge on any atom is -0.353 e. The summed E-state index contributed by atoms with van der Waals surface area (Å²) in [7, 11) is 0. The fourth-order valence-corrected chi connectivity index (χ4v) is 2.26. The molecule has 0 bridgehead atoms. The van der Waals surface area contributed by atoms with Gasteiger partial charge in [-0.2, -0.15) is 0 Å². The van der Waals surface area contributed by atoms with Gasteiger partial charge < -0.3 is 10.2 Å². The molecule has 96 valence electrons. The fourth-order valence-electron chi connectivity index (χ4n) is 1.88. The summed E-state index contributed by atoms with van der Waals surface area (Å²) in [6.07, 6.45) is 0. The summed E-state index contributed by atoms with van der Waals surface area (Å²) in [6.45, 7) is 2.60. The molecule has 1 heterocycles. The van der Waals surface area contributed by atoms with Crippen LogP contribution in [0, 0.1) is 0 Å². The van der Waals surface area contributed by atoms with Gasteiger partial charge in [0.05, 0.1) is 15.6 Å². The maximum absolute atomic E-state index is 12.3. The first-order valence-corrected chi connectivity index (χ1v) is 6.30. The van der Waals surface area contributed by atoms with E-state index in [9.17, 15) is 9.59 Å². The molecule has 1 saturated heterocycles. The molecule has 1 aliphatic heterocycles. The lowest BCUT2D eigenvalue weighted by Gasteiger charge is -2.33. The number of carbonyl (C=O) groups excluding carboxylic acids is 2. The number of amides is 2. The van der Waals surface area contributed by atoms with Crippen LogP contribution in [0.4, 0.5) is 0 Å². The minimum absolute atomic E-state index is 0.159. The molecule has 1 aromatic carbocycles. The second kappa shape index (κ2) is 5.16. The number of rotatable bonds is 1. The van der Waals surface area contributed by atoms with Gasteiger partial charge in [-0.25, -0.2) is 0 Å². The smallest absolute Gasteiger partial charge is 0.256 e. The lowest BCUT2D eigenvalue weighted by atomic mass is 10.1. The Morgan fingerprint density at radius 2 is 2.17 bits per heavy atom. The van der Waals surface area contributed by atoms with Gasteiger partial charge in [-0.05, 0) is 19.1 Å². The van der Waals surface area contributed by atoms with Crippen LogP contribution in [0.25, 0.3) is 0 Å². The third-order valence-corrected chi connectivity index (χ3v) is 3.76. The molecule has 1 fully saturated rings. The Labute approximate surface area is 115 Å². The number of piperazine rings is 1. The van der Waals surface area contributed by atoms with Crippen LogP contribution in [-0.4, -0.2) is 35.8 Å². The van der Waals surface area contributed by atoms with Gasteiger partial charge in [-0.3, -0.25) is 9.59 Å². The summed E-state index contributed by atoms with van der Waals surface area (Å²) in [5.41, 5.74) is 0.325. The largest absolute Gasteiger partial charge is 0.353 e. The highest BCUT2D eigenvalue weighted by Gasteiger charge is 2.30. The van der Waals surface area contributed by atoms with Gasteiger partial charge in [0.25, 0.3) is 5.91 Å². The van der Waals surface area contributed by atoms with E-state index in [1.54, 1.807) is 25.1 Å². The highest BCUT2D eigenvalue weighted by atomic mass is 35.5. The van der Waals surface area contributed by atoms with Crippen molar-refractivity contribution in [3.63, 3.8) is 0 Å². The first-order chi connectivity index (χ1) is 8.52. The molecule has 0 radical (unpaired) electrons. The van der Waals surface area contributed by atoms with Gasteiger partial charge in [-0.1, -0.05) is 29.3 Å². The summed E-state index contributed by atoms with van der Waals surface area (Å²) >= 11 is 11.9. The molecule has 1 aliphatic rings. The third kappa shape index (κ3) is 2.31. The second-order valence-electron chi connectivity index (χ2n) is 4.07. The lowest BCUT2D eigenvalue weighted by molar-refractivity contribution is -0.127. The molecule has 1 N–H and O–H groups in total. The van der Waals surface area contributed by atoms with Crippen molar-refractivity contribution in [2.24, 2.45) is 0 Å². The van der Waals surface area contributed by atoms with E-state index in [2.05, 4.69) is 5.32 Å². The number of carbonyl (C=O) groups is 2. The van der Waals surface area contributed by atoms with Crippen LogP contribution in [-0.2, 0) is 4.79 Å². The molecule has 1 unspecified atom stereocenters. The Morgan fingerprint density at radius 1 is 1.44 bits per heavy atom. The second-order valence-corrected chi connectivity index (χ2v) is 4.85. The molecule has 1 atom stereocenters. The Kier molecular flexibility index (Phi) is 3.78. The predicted molar refractivity (Wildman–Crippen MR) is 70.0 cm³/mol. The standard InChI is InChI=1S/C12H12Cl2N2O2/c1-7-11(17)15-5-6-16(7)12(18)8-3-2-4-9(13)10(8)14/h2-4,7H,5-6H2,1H3,(H,15,17). The van der Waals surface area contributed by atoms with Gasteiger partial charge >= 0.3 is 0 Å². The van der Waals surface area contributed by atoms with E-state index < -0.39 is 6.04 Å². The van der Waals surface area contributed by atoms with Crippen molar-refractivity contribution in [2.45, 2.75) is 13.0 Å². The fraction of sp³-hybridized carbons (Fsp3) is 0.333. The number of benzene rings is 1. The van der Waals surface area contributed by atoms with Crippen LogP contribution in [0.5, 0.6) is 0 Å². The van der Waals surface area contributed by atoms with Crippen LogP contribution >= 0.6 is 23.2 Å². The third-order valence-electron chi connectivity index (χ3n) is 2.94.